The summed E-state index contributed by atoms with van der Waals surface area (Å²) in [5.41, 5.74) is 0. The zero-order valence-corrected chi connectivity index (χ0v) is 10.1. The molecule has 14 heavy (non-hydrogen) atoms. The Morgan fingerprint density at radius 2 is 2.29 bits per heavy atom. The molecule has 1 aliphatic rings. The Labute approximate surface area is 85.9 Å². The fourth-order valence-corrected chi connectivity index (χ4v) is 4.13. The summed E-state index contributed by atoms with van der Waals surface area (Å²) in [7, 11) is -5.25. The second-order valence-electron chi connectivity index (χ2n) is 3.89. The van der Waals surface area contributed by atoms with Crippen molar-refractivity contribution in [1.29, 1.82) is 0 Å². The predicted octanol–water partition coefficient (Wildman–Crippen LogP) is 0.570. The average Bonchev–Trinajstić information content (AvgIpc) is 2.28. The summed E-state index contributed by atoms with van der Waals surface area (Å²) in [6.07, 6.45) is 4.86. The Bertz CT molecular complexity index is 341. The van der Waals surface area contributed by atoms with E-state index in [0.717, 1.165) is 0 Å². The maximum Gasteiger partial charge on any atom is 0.270 e. The van der Waals surface area contributed by atoms with Crippen LogP contribution in [0.15, 0.2) is 0 Å². The van der Waals surface area contributed by atoms with Crippen LogP contribution in [0, 0.1) is 12.3 Å². The third kappa shape index (κ3) is 3.42. The van der Waals surface area contributed by atoms with E-state index in [4.69, 9.17) is 10.8 Å². The highest BCUT2D eigenvalue weighted by molar-refractivity contribution is 7.87. The Balaban J connectivity index is 2.52. The van der Waals surface area contributed by atoms with E-state index in [1.54, 1.807) is 0 Å². The molecule has 1 heterocycles. The van der Waals surface area contributed by atoms with Crippen molar-refractivity contribution in [2.45, 2.75) is 25.2 Å². The molecule has 0 aliphatic carbocycles. The zero-order valence-electron chi connectivity index (χ0n) is 8.32. The molecule has 1 saturated heterocycles. The molecule has 0 bridgehead atoms. The van der Waals surface area contributed by atoms with Gasteiger partial charge in [-0.15, -0.1) is 12.3 Å². The highest BCUT2D eigenvalue weighted by atomic mass is 32.2. The van der Waals surface area contributed by atoms with Crippen molar-refractivity contribution in [3.05, 3.63) is 0 Å². The molecule has 4 nitrogen and oxygen atoms in total. The monoisotopic (exact) mass is 234 g/mol. The van der Waals surface area contributed by atoms with Crippen LogP contribution in [0.2, 0.25) is 19.1 Å². The lowest BCUT2D eigenvalue weighted by atomic mass is 10.5. The topological polar surface area (TPSA) is 52.6 Å². The van der Waals surface area contributed by atoms with Crippen molar-refractivity contribution >= 4 is 18.4 Å². The second kappa shape index (κ2) is 4.02. The van der Waals surface area contributed by atoms with Crippen LogP contribution < -0.4 is 0 Å². The van der Waals surface area contributed by atoms with Crippen molar-refractivity contribution in [3.63, 3.8) is 0 Å². The second-order valence-corrected chi connectivity index (χ2v) is 9.68. The van der Waals surface area contributed by atoms with Gasteiger partial charge < -0.3 is 4.43 Å². The number of terminal acetylenes is 1. The quantitative estimate of drug-likeness (QED) is 0.407. The minimum Gasteiger partial charge on any atom is -0.410 e. The van der Waals surface area contributed by atoms with Crippen molar-refractivity contribution in [2.75, 3.05) is 12.4 Å². The average molecular weight is 234 g/mol. The van der Waals surface area contributed by atoms with Gasteiger partial charge >= 0.3 is 0 Å². The molecule has 0 aromatic rings. The SMILES string of the molecule is C#CC[Si](C)(C)OC1COS(=O)(=O)C1. The first-order valence-corrected chi connectivity index (χ1v) is 9.02. The number of hydrogen-bond acceptors (Lipinski definition) is 4. The van der Waals surface area contributed by atoms with Crippen LogP contribution in [-0.4, -0.2) is 35.2 Å². The lowest BCUT2D eigenvalue weighted by molar-refractivity contribution is 0.172. The first-order valence-electron chi connectivity index (χ1n) is 4.33. The van der Waals surface area contributed by atoms with Gasteiger partial charge in [-0.3, -0.25) is 4.18 Å². The fourth-order valence-electron chi connectivity index (χ4n) is 1.31. The summed E-state index contributed by atoms with van der Waals surface area (Å²) < 4.78 is 32.2. The van der Waals surface area contributed by atoms with Gasteiger partial charge in [-0.25, -0.2) is 0 Å². The molecule has 0 saturated carbocycles. The molecule has 1 atom stereocenters. The fraction of sp³-hybridized carbons (Fsp3) is 0.750. The normalized spacial score (nSPS) is 25.9. The Kier molecular flexibility index (Phi) is 3.37. The summed E-state index contributed by atoms with van der Waals surface area (Å²) in [4.78, 5) is 0. The predicted molar refractivity (Wildman–Crippen MR) is 55.7 cm³/mol. The van der Waals surface area contributed by atoms with Crippen LogP contribution in [0.25, 0.3) is 0 Å². The molecule has 6 heteroatoms. The van der Waals surface area contributed by atoms with Crippen molar-refractivity contribution < 1.29 is 17.0 Å². The van der Waals surface area contributed by atoms with Crippen LogP contribution in [0.5, 0.6) is 0 Å². The molecular weight excluding hydrogens is 220 g/mol. The zero-order chi connectivity index (χ0) is 10.8. The lowest BCUT2D eigenvalue weighted by Gasteiger charge is -2.23. The Morgan fingerprint density at radius 3 is 2.71 bits per heavy atom. The summed E-state index contributed by atoms with van der Waals surface area (Å²) in [6, 6.07) is 0.587. The molecule has 0 aromatic heterocycles. The molecule has 1 unspecified atom stereocenters. The lowest BCUT2D eigenvalue weighted by Crippen LogP contribution is -2.36. The standard InChI is InChI=1S/C8H14O4SSi/c1-4-5-14(2,3)12-8-6-11-13(9,10)7-8/h1,8H,5-7H2,2-3H3. The van der Waals surface area contributed by atoms with Gasteiger partial charge in [-0.2, -0.15) is 8.42 Å². The molecule has 0 aromatic carbocycles. The van der Waals surface area contributed by atoms with E-state index >= 15 is 0 Å². The minimum absolute atomic E-state index is 0.0476. The first-order chi connectivity index (χ1) is 6.35. The van der Waals surface area contributed by atoms with E-state index in [1.807, 2.05) is 13.1 Å². The molecule has 0 radical (unpaired) electrons. The largest absolute Gasteiger partial charge is 0.410 e. The van der Waals surface area contributed by atoms with Crippen LogP contribution in [0.4, 0.5) is 0 Å². The number of hydrogen-bond donors (Lipinski definition) is 0. The summed E-state index contributed by atoms with van der Waals surface area (Å²) in [5.74, 6) is 2.50. The Hall–Kier alpha value is -0.353. The molecule has 1 fully saturated rings. The van der Waals surface area contributed by atoms with Gasteiger partial charge in [-0.1, -0.05) is 0 Å². The van der Waals surface area contributed by atoms with E-state index in [9.17, 15) is 8.42 Å². The Morgan fingerprint density at radius 1 is 1.64 bits per heavy atom. The molecule has 0 N–H and O–H groups in total. The third-order valence-electron chi connectivity index (χ3n) is 1.84. The summed E-state index contributed by atoms with van der Waals surface area (Å²) >= 11 is 0. The van der Waals surface area contributed by atoms with Gasteiger partial charge in [0.25, 0.3) is 10.1 Å². The number of rotatable bonds is 3. The van der Waals surface area contributed by atoms with Gasteiger partial charge in [0, 0.05) is 6.04 Å². The molecule has 1 rings (SSSR count). The van der Waals surface area contributed by atoms with Gasteiger partial charge in [-0.05, 0) is 13.1 Å². The molecular formula is C8H14O4SSi. The maximum atomic E-state index is 11.0. The van der Waals surface area contributed by atoms with Gasteiger partial charge in [0.1, 0.15) is 5.75 Å². The maximum absolute atomic E-state index is 11.0. The summed E-state index contributed by atoms with van der Waals surface area (Å²) in [6.45, 7) is 4.07. The van der Waals surface area contributed by atoms with Crippen molar-refractivity contribution in [1.82, 2.24) is 0 Å². The highest BCUT2D eigenvalue weighted by Crippen LogP contribution is 2.19. The van der Waals surface area contributed by atoms with E-state index in [0.29, 0.717) is 6.04 Å². The first kappa shape index (κ1) is 11.7. The van der Waals surface area contributed by atoms with Gasteiger partial charge in [0.2, 0.25) is 0 Å². The molecule has 0 amide bonds. The molecule has 80 valence electrons. The summed E-state index contributed by atoms with van der Waals surface area (Å²) in [5, 5.41) is 0. The van der Waals surface area contributed by atoms with Crippen molar-refractivity contribution in [3.8, 4) is 12.3 Å². The third-order valence-corrected chi connectivity index (χ3v) is 5.14. The highest BCUT2D eigenvalue weighted by Gasteiger charge is 2.34. The van der Waals surface area contributed by atoms with Crippen LogP contribution in [-0.2, 0) is 18.7 Å². The van der Waals surface area contributed by atoms with Gasteiger partial charge in [0.15, 0.2) is 8.32 Å². The van der Waals surface area contributed by atoms with E-state index < -0.39 is 18.4 Å². The van der Waals surface area contributed by atoms with E-state index in [2.05, 4.69) is 10.1 Å². The molecule has 0 spiro atoms. The van der Waals surface area contributed by atoms with Crippen LogP contribution >= 0.6 is 0 Å². The van der Waals surface area contributed by atoms with Crippen LogP contribution in [0.1, 0.15) is 0 Å². The van der Waals surface area contributed by atoms with Gasteiger partial charge in [0.05, 0.1) is 12.7 Å². The molecule has 1 aliphatic heterocycles. The van der Waals surface area contributed by atoms with Crippen molar-refractivity contribution in [2.24, 2.45) is 0 Å². The van der Waals surface area contributed by atoms with E-state index in [1.165, 1.54) is 0 Å². The van der Waals surface area contributed by atoms with E-state index in [-0.39, 0.29) is 18.5 Å². The minimum atomic E-state index is -3.34. The smallest absolute Gasteiger partial charge is 0.270 e. The van der Waals surface area contributed by atoms with Crippen LogP contribution in [0.3, 0.4) is 0 Å².